The van der Waals surface area contributed by atoms with E-state index in [0.717, 1.165) is 11.4 Å². The van der Waals surface area contributed by atoms with Crippen LogP contribution in [-0.2, 0) is 6.42 Å². The largest absolute Gasteiger partial charge is 0.320 e. The molecule has 0 aliphatic carbocycles. The molecular weight excluding hydrogens is 266 g/mol. The van der Waals surface area contributed by atoms with Gasteiger partial charge in [-0.25, -0.2) is 0 Å². The quantitative estimate of drug-likeness (QED) is 0.587. The van der Waals surface area contributed by atoms with Crippen molar-refractivity contribution >= 4 is 17.1 Å². The van der Waals surface area contributed by atoms with Crippen LogP contribution in [0.15, 0.2) is 54.7 Å². The molecule has 0 N–H and O–H groups in total. The van der Waals surface area contributed by atoms with Gasteiger partial charge in [-0.2, -0.15) is 0 Å². The lowest BCUT2D eigenvalue weighted by molar-refractivity contribution is 0.771. The van der Waals surface area contributed by atoms with E-state index in [0.29, 0.717) is 0 Å². The summed E-state index contributed by atoms with van der Waals surface area (Å²) in [5.41, 5.74) is 5.16. The fraction of sp³-hybridized carbons (Fsp3) is 0.222. The first-order chi connectivity index (χ1) is 9.79. The van der Waals surface area contributed by atoms with Crippen LogP contribution in [0.3, 0.4) is 0 Å². The second-order valence-corrected chi connectivity index (χ2v) is 5.55. The van der Waals surface area contributed by atoms with Crippen molar-refractivity contribution in [2.24, 2.45) is 0 Å². The van der Waals surface area contributed by atoms with E-state index in [1.807, 2.05) is 12.1 Å². The number of rotatable bonds is 4. The van der Waals surface area contributed by atoms with E-state index in [-0.39, 0.29) is 0 Å². The maximum absolute atomic E-state index is 5.99. The molecule has 2 heteroatoms. The Balaban J connectivity index is 2.13. The number of halogens is 1. The van der Waals surface area contributed by atoms with Crippen molar-refractivity contribution in [1.82, 2.24) is 4.40 Å². The summed E-state index contributed by atoms with van der Waals surface area (Å²) < 4.78 is 2.31. The Labute approximate surface area is 124 Å². The first-order valence-corrected chi connectivity index (χ1v) is 7.52. The molecule has 0 bridgehead atoms. The molecule has 20 heavy (non-hydrogen) atoms. The molecule has 0 amide bonds. The minimum absolute atomic E-state index is 0.781. The number of pyridine rings is 1. The van der Waals surface area contributed by atoms with Gasteiger partial charge in [0.15, 0.2) is 0 Å². The number of aromatic nitrogens is 1. The fourth-order valence-corrected chi connectivity index (χ4v) is 2.76. The maximum Gasteiger partial charge on any atom is 0.0531 e. The van der Waals surface area contributed by atoms with Crippen molar-refractivity contribution in [3.8, 4) is 11.1 Å². The molecule has 0 fully saturated rings. The lowest BCUT2D eigenvalue weighted by atomic mass is 10.1. The van der Waals surface area contributed by atoms with Crippen molar-refractivity contribution in [2.45, 2.75) is 26.2 Å². The van der Waals surface area contributed by atoms with E-state index in [9.17, 15) is 0 Å². The van der Waals surface area contributed by atoms with Crippen molar-refractivity contribution in [1.29, 1.82) is 0 Å². The average molecular weight is 284 g/mol. The summed E-state index contributed by atoms with van der Waals surface area (Å²) in [6.45, 7) is 2.23. The third-order valence-corrected chi connectivity index (χ3v) is 3.95. The number of hydrogen-bond donors (Lipinski definition) is 0. The average Bonchev–Trinajstić information content (AvgIpc) is 2.85. The van der Waals surface area contributed by atoms with Gasteiger partial charge in [0.25, 0.3) is 0 Å². The molecule has 3 rings (SSSR count). The molecule has 2 aromatic heterocycles. The standard InChI is InChI=1S/C18H18ClN/c1-2-3-6-16-13-17(14-8-10-15(19)11-9-14)18-7-4-5-12-20(16)18/h4-5,7-13H,2-3,6H2,1H3. The predicted octanol–water partition coefficient (Wildman–Crippen LogP) is 5.60. The van der Waals surface area contributed by atoms with Gasteiger partial charge in [-0.1, -0.05) is 43.1 Å². The minimum atomic E-state index is 0.781. The van der Waals surface area contributed by atoms with E-state index in [4.69, 9.17) is 11.6 Å². The SMILES string of the molecule is CCCCc1cc(-c2ccc(Cl)cc2)c2ccccn12. The van der Waals surface area contributed by atoms with Crippen molar-refractivity contribution in [2.75, 3.05) is 0 Å². The van der Waals surface area contributed by atoms with Gasteiger partial charge < -0.3 is 4.40 Å². The minimum Gasteiger partial charge on any atom is -0.320 e. The summed E-state index contributed by atoms with van der Waals surface area (Å²) in [4.78, 5) is 0. The molecule has 102 valence electrons. The summed E-state index contributed by atoms with van der Waals surface area (Å²) in [5, 5.41) is 0.781. The van der Waals surface area contributed by atoms with E-state index >= 15 is 0 Å². The highest BCUT2D eigenvalue weighted by molar-refractivity contribution is 6.30. The summed E-state index contributed by atoms with van der Waals surface area (Å²) >= 11 is 5.99. The maximum atomic E-state index is 5.99. The normalized spacial score (nSPS) is 11.1. The second-order valence-electron chi connectivity index (χ2n) is 5.12. The summed E-state index contributed by atoms with van der Waals surface area (Å²) in [6.07, 6.45) is 5.71. The number of nitrogens with zero attached hydrogens (tertiary/aromatic N) is 1. The monoisotopic (exact) mass is 283 g/mol. The molecule has 1 aromatic carbocycles. The molecule has 1 nitrogen and oxygen atoms in total. The Hall–Kier alpha value is -1.73. The van der Waals surface area contributed by atoms with E-state index in [2.05, 4.69) is 53.9 Å². The highest BCUT2D eigenvalue weighted by atomic mass is 35.5. The number of hydrogen-bond acceptors (Lipinski definition) is 0. The third-order valence-electron chi connectivity index (χ3n) is 3.70. The second kappa shape index (κ2) is 5.72. The first kappa shape index (κ1) is 13.3. The Kier molecular flexibility index (Phi) is 3.79. The number of fused-ring (bicyclic) bond motifs is 1. The van der Waals surface area contributed by atoms with Gasteiger partial charge in [0.1, 0.15) is 0 Å². The van der Waals surface area contributed by atoms with Crippen LogP contribution >= 0.6 is 11.6 Å². The van der Waals surface area contributed by atoms with Crippen LogP contribution in [0, 0.1) is 0 Å². The Bertz CT molecular complexity index is 710. The molecule has 0 saturated carbocycles. The summed E-state index contributed by atoms with van der Waals surface area (Å²) in [7, 11) is 0. The Morgan fingerprint density at radius 1 is 1.05 bits per heavy atom. The number of aryl methyl sites for hydroxylation is 1. The van der Waals surface area contributed by atoms with Gasteiger partial charge in [-0.3, -0.25) is 0 Å². The van der Waals surface area contributed by atoms with Gasteiger partial charge in [0, 0.05) is 22.5 Å². The topological polar surface area (TPSA) is 4.41 Å². The summed E-state index contributed by atoms with van der Waals surface area (Å²) in [5.74, 6) is 0. The summed E-state index contributed by atoms with van der Waals surface area (Å²) in [6, 6.07) is 16.8. The van der Waals surface area contributed by atoms with Gasteiger partial charge in [-0.05, 0) is 48.7 Å². The van der Waals surface area contributed by atoms with Gasteiger partial charge >= 0.3 is 0 Å². The van der Waals surface area contributed by atoms with Crippen molar-refractivity contribution in [3.05, 3.63) is 65.4 Å². The third kappa shape index (κ3) is 2.46. The fourth-order valence-electron chi connectivity index (χ4n) is 2.63. The molecule has 0 radical (unpaired) electrons. The molecule has 2 heterocycles. The van der Waals surface area contributed by atoms with Crippen molar-refractivity contribution < 1.29 is 0 Å². The lowest BCUT2D eigenvalue weighted by Crippen LogP contribution is -1.91. The zero-order valence-corrected chi connectivity index (χ0v) is 12.4. The Morgan fingerprint density at radius 3 is 2.60 bits per heavy atom. The van der Waals surface area contributed by atoms with Gasteiger partial charge in [0.05, 0.1) is 5.52 Å². The van der Waals surface area contributed by atoms with Crippen LogP contribution in [0.2, 0.25) is 5.02 Å². The first-order valence-electron chi connectivity index (χ1n) is 7.14. The molecule has 0 aliphatic heterocycles. The van der Waals surface area contributed by atoms with E-state index < -0.39 is 0 Å². The predicted molar refractivity (Wildman–Crippen MR) is 86.5 cm³/mol. The molecule has 0 aliphatic rings. The number of unbranched alkanes of at least 4 members (excludes halogenated alkanes) is 1. The molecule has 0 saturated heterocycles. The number of benzene rings is 1. The van der Waals surface area contributed by atoms with E-state index in [1.54, 1.807) is 0 Å². The zero-order valence-electron chi connectivity index (χ0n) is 11.6. The van der Waals surface area contributed by atoms with Crippen LogP contribution in [0.4, 0.5) is 0 Å². The highest BCUT2D eigenvalue weighted by Gasteiger charge is 2.09. The van der Waals surface area contributed by atoms with Gasteiger partial charge in [-0.15, -0.1) is 0 Å². The van der Waals surface area contributed by atoms with Crippen LogP contribution in [0.25, 0.3) is 16.6 Å². The molecule has 3 aromatic rings. The van der Waals surface area contributed by atoms with Gasteiger partial charge in [0.2, 0.25) is 0 Å². The Morgan fingerprint density at radius 2 is 1.85 bits per heavy atom. The van der Waals surface area contributed by atoms with Crippen molar-refractivity contribution in [3.63, 3.8) is 0 Å². The molecule has 0 unspecified atom stereocenters. The highest BCUT2D eigenvalue weighted by Crippen LogP contribution is 2.29. The smallest absolute Gasteiger partial charge is 0.0531 e. The van der Waals surface area contributed by atoms with E-state index in [1.165, 1.54) is 35.2 Å². The van der Waals surface area contributed by atoms with Crippen LogP contribution in [0.5, 0.6) is 0 Å². The van der Waals surface area contributed by atoms with Crippen LogP contribution < -0.4 is 0 Å². The molecule has 0 spiro atoms. The molecular formula is C18H18ClN. The zero-order chi connectivity index (χ0) is 13.9. The van der Waals surface area contributed by atoms with Crippen LogP contribution in [0.1, 0.15) is 25.5 Å². The van der Waals surface area contributed by atoms with Crippen LogP contribution in [-0.4, -0.2) is 4.40 Å². The lowest BCUT2D eigenvalue weighted by Gasteiger charge is -2.02. The molecule has 0 atom stereocenters.